The van der Waals surface area contributed by atoms with Gasteiger partial charge in [-0.05, 0) is 63.0 Å². The molecule has 0 spiro atoms. The molecule has 0 amide bonds. The molecule has 1 heterocycles. The molecule has 3 N–H and O–H groups in total. The molecule has 2 rings (SSSR count). The Morgan fingerprint density at radius 2 is 1.89 bits per heavy atom. The van der Waals surface area contributed by atoms with Gasteiger partial charge in [-0.25, -0.2) is 0 Å². The second-order valence-electron chi connectivity index (χ2n) is 4.70. The summed E-state index contributed by atoms with van der Waals surface area (Å²) in [7, 11) is 0. The first kappa shape index (κ1) is 14.2. The van der Waals surface area contributed by atoms with Crippen molar-refractivity contribution < 1.29 is 9.47 Å². The number of nitrogens with one attached hydrogen (secondary N) is 1. The molecule has 4 heteroatoms. The maximum absolute atomic E-state index is 5.70. The highest BCUT2D eigenvalue weighted by molar-refractivity contribution is 5.49. The van der Waals surface area contributed by atoms with Crippen molar-refractivity contribution in [1.29, 1.82) is 0 Å². The molecular weight excluding hydrogens is 240 g/mol. The van der Waals surface area contributed by atoms with Gasteiger partial charge in [-0.2, -0.15) is 0 Å². The summed E-state index contributed by atoms with van der Waals surface area (Å²) in [4.78, 5) is 0. The summed E-state index contributed by atoms with van der Waals surface area (Å²) >= 11 is 0. The van der Waals surface area contributed by atoms with E-state index in [1.807, 2.05) is 13.8 Å². The number of fused-ring (bicyclic) bond motifs is 1. The summed E-state index contributed by atoms with van der Waals surface area (Å²) in [6, 6.07) is 4.59. The summed E-state index contributed by atoms with van der Waals surface area (Å²) < 4.78 is 11.4. The molecule has 0 radical (unpaired) electrons. The predicted octanol–water partition coefficient (Wildman–Crippen LogP) is 2.02. The average Bonchev–Trinajstić information content (AvgIpc) is 2.41. The van der Waals surface area contributed by atoms with Gasteiger partial charge in [0, 0.05) is 6.04 Å². The van der Waals surface area contributed by atoms with Crippen molar-refractivity contribution in [3.05, 3.63) is 23.3 Å². The molecule has 19 heavy (non-hydrogen) atoms. The van der Waals surface area contributed by atoms with E-state index < -0.39 is 0 Å². The molecule has 1 unspecified atom stereocenters. The monoisotopic (exact) mass is 264 g/mol. The Bertz CT molecular complexity index is 421. The molecule has 1 aliphatic rings. The number of rotatable bonds is 6. The number of benzene rings is 1. The van der Waals surface area contributed by atoms with Crippen LogP contribution >= 0.6 is 0 Å². The van der Waals surface area contributed by atoms with Gasteiger partial charge in [-0.15, -0.1) is 0 Å². The predicted molar refractivity (Wildman–Crippen MR) is 76.9 cm³/mol. The third kappa shape index (κ3) is 3.19. The van der Waals surface area contributed by atoms with Crippen LogP contribution in [0.5, 0.6) is 11.5 Å². The smallest absolute Gasteiger partial charge is 0.161 e. The average molecular weight is 264 g/mol. The fourth-order valence-corrected chi connectivity index (χ4v) is 2.61. The maximum Gasteiger partial charge on any atom is 0.161 e. The summed E-state index contributed by atoms with van der Waals surface area (Å²) in [5, 5.41) is 3.52. The second-order valence-corrected chi connectivity index (χ2v) is 4.70. The Hall–Kier alpha value is -1.26. The van der Waals surface area contributed by atoms with Gasteiger partial charge < -0.3 is 20.5 Å². The van der Waals surface area contributed by atoms with Crippen LogP contribution in [-0.4, -0.2) is 26.3 Å². The highest BCUT2D eigenvalue weighted by Gasteiger charge is 2.22. The zero-order valence-electron chi connectivity index (χ0n) is 11.9. The number of ether oxygens (including phenoxy) is 2. The summed E-state index contributed by atoms with van der Waals surface area (Å²) in [5.41, 5.74) is 8.35. The van der Waals surface area contributed by atoms with Gasteiger partial charge in [0.25, 0.3) is 0 Å². The lowest BCUT2D eigenvalue weighted by molar-refractivity contribution is 0.286. The van der Waals surface area contributed by atoms with E-state index in [0.29, 0.717) is 25.8 Å². The zero-order chi connectivity index (χ0) is 13.7. The van der Waals surface area contributed by atoms with Crippen LogP contribution in [0.3, 0.4) is 0 Å². The van der Waals surface area contributed by atoms with Crippen LogP contribution in [0.15, 0.2) is 12.1 Å². The fraction of sp³-hybridized carbons (Fsp3) is 0.600. The zero-order valence-corrected chi connectivity index (χ0v) is 11.9. The van der Waals surface area contributed by atoms with Crippen molar-refractivity contribution in [3.63, 3.8) is 0 Å². The van der Waals surface area contributed by atoms with Gasteiger partial charge in [0.1, 0.15) is 0 Å². The van der Waals surface area contributed by atoms with Crippen molar-refractivity contribution in [2.45, 2.75) is 32.7 Å². The third-order valence-corrected chi connectivity index (χ3v) is 3.42. The minimum Gasteiger partial charge on any atom is -0.490 e. The van der Waals surface area contributed by atoms with Crippen LogP contribution in [-0.2, 0) is 6.42 Å². The molecular formula is C15H24N2O2. The van der Waals surface area contributed by atoms with Crippen molar-refractivity contribution >= 4 is 0 Å². The molecule has 4 nitrogen and oxygen atoms in total. The molecule has 1 aliphatic heterocycles. The van der Waals surface area contributed by atoms with E-state index in [1.54, 1.807) is 0 Å². The molecule has 0 saturated heterocycles. The van der Waals surface area contributed by atoms with Crippen molar-refractivity contribution in [2.75, 3.05) is 26.3 Å². The molecule has 1 aromatic carbocycles. The topological polar surface area (TPSA) is 56.5 Å². The Morgan fingerprint density at radius 3 is 2.53 bits per heavy atom. The van der Waals surface area contributed by atoms with Crippen LogP contribution < -0.4 is 20.5 Å². The summed E-state index contributed by atoms with van der Waals surface area (Å²) in [6.07, 6.45) is 1.98. The quantitative estimate of drug-likeness (QED) is 0.825. The first-order valence-electron chi connectivity index (χ1n) is 7.16. The lowest BCUT2D eigenvalue weighted by Crippen LogP contribution is -2.31. The van der Waals surface area contributed by atoms with E-state index in [4.69, 9.17) is 15.2 Å². The Morgan fingerprint density at radius 1 is 1.21 bits per heavy atom. The molecule has 1 aromatic rings. The van der Waals surface area contributed by atoms with E-state index >= 15 is 0 Å². The van der Waals surface area contributed by atoms with E-state index in [9.17, 15) is 0 Å². The van der Waals surface area contributed by atoms with Crippen LogP contribution in [0.25, 0.3) is 0 Å². The summed E-state index contributed by atoms with van der Waals surface area (Å²) in [6.45, 7) is 6.97. The Balaban J connectivity index is 2.35. The first-order chi connectivity index (χ1) is 9.30. The van der Waals surface area contributed by atoms with Gasteiger partial charge >= 0.3 is 0 Å². The van der Waals surface area contributed by atoms with E-state index in [2.05, 4.69) is 17.4 Å². The van der Waals surface area contributed by atoms with Gasteiger partial charge in [0.05, 0.1) is 13.2 Å². The minimum absolute atomic E-state index is 0.337. The normalized spacial score (nSPS) is 17.9. The fourth-order valence-electron chi connectivity index (χ4n) is 2.61. The first-order valence-corrected chi connectivity index (χ1v) is 7.16. The highest BCUT2D eigenvalue weighted by atomic mass is 16.5. The molecule has 0 bridgehead atoms. The number of nitrogens with two attached hydrogens (primary N) is 1. The van der Waals surface area contributed by atoms with Gasteiger partial charge in [-0.3, -0.25) is 0 Å². The number of hydrogen-bond donors (Lipinski definition) is 2. The van der Waals surface area contributed by atoms with Crippen molar-refractivity contribution in [2.24, 2.45) is 5.73 Å². The lowest BCUT2D eigenvalue weighted by Gasteiger charge is -2.28. The summed E-state index contributed by atoms with van der Waals surface area (Å²) in [5.74, 6) is 1.70. The minimum atomic E-state index is 0.337. The number of hydrogen-bond acceptors (Lipinski definition) is 4. The Labute approximate surface area is 115 Å². The highest BCUT2D eigenvalue weighted by Crippen LogP contribution is 2.36. The van der Waals surface area contributed by atoms with Crippen LogP contribution in [0.1, 0.15) is 37.4 Å². The molecule has 1 atom stereocenters. The van der Waals surface area contributed by atoms with Gasteiger partial charge in [0.15, 0.2) is 11.5 Å². The Kier molecular flexibility index (Phi) is 5.05. The van der Waals surface area contributed by atoms with Crippen molar-refractivity contribution in [3.8, 4) is 11.5 Å². The lowest BCUT2D eigenvalue weighted by atomic mass is 9.92. The van der Waals surface area contributed by atoms with E-state index in [0.717, 1.165) is 30.9 Å². The SMILES string of the molecule is CCOc1cc2c(cc1OCC)C(CCN)NCC2. The molecule has 0 saturated carbocycles. The molecule has 0 aliphatic carbocycles. The largest absolute Gasteiger partial charge is 0.490 e. The molecule has 106 valence electrons. The standard InChI is InChI=1S/C15H24N2O2/c1-3-18-14-9-11-6-8-17-13(5-7-16)12(11)10-15(14)19-4-2/h9-10,13,17H,3-8,16H2,1-2H3. The third-order valence-electron chi connectivity index (χ3n) is 3.42. The van der Waals surface area contributed by atoms with Crippen molar-refractivity contribution in [1.82, 2.24) is 5.32 Å². The van der Waals surface area contributed by atoms with Gasteiger partial charge in [-0.1, -0.05) is 0 Å². The maximum atomic E-state index is 5.70. The van der Waals surface area contributed by atoms with Crippen LogP contribution in [0, 0.1) is 0 Å². The second kappa shape index (κ2) is 6.78. The van der Waals surface area contributed by atoms with Crippen LogP contribution in [0.4, 0.5) is 0 Å². The van der Waals surface area contributed by atoms with Gasteiger partial charge in [0.2, 0.25) is 0 Å². The molecule has 0 fully saturated rings. The van der Waals surface area contributed by atoms with E-state index in [-0.39, 0.29) is 0 Å². The van der Waals surface area contributed by atoms with E-state index in [1.165, 1.54) is 11.1 Å². The van der Waals surface area contributed by atoms with Crippen LogP contribution in [0.2, 0.25) is 0 Å². The molecule has 0 aromatic heterocycles.